The number of aromatic nitrogens is 2. The van der Waals surface area contributed by atoms with Gasteiger partial charge in [-0.2, -0.15) is 18.3 Å². The zero-order valence-electron chi connectivity index (χ0n) is 22.4. The van der Waals surface area contributed by atoms with Crippen LogP contribution in [-0.4, -0.2) is 39.5 Å². The predicted octanol–water partition coefficient (Wildman–Crippen LogP) is 6.86. The molecule has 0 aliphatic carbocycles. The summed E-state index contributed by atoms with van der Waals surface area (Å²) in [5.41, 5.74) is 4.94. The van der Waals surface area contributed by atoms with Crippen LogP contribution in [0.4, 0.5) is 13.2 Å². The fourth-order valence-electron chi connectivity index (χ4n) is 5.23. The molecule has 3 aromatic carbocycles. The first-order chi connectivity index (χ1) is 19.1. The highest BCUT2D eigenvalue weighted by Crippen LogP contribution is 2.31. The van der Waals surface area contributed by atoms with E-state index >= 15 is 0 Å². The molecule has 5 rings (SSSR count). The van der Waals surface area contributed by atoms with E-state index in [2.05, 4.69) is 29.4 Å². The lowest BCUT2D eigenvalue weighted by atomic mass is 9.88. The maximum Gasteiger partial charge on any atom is 0.416 e. The second-order valence-corrected chi connectivity index (χ2v) is 10.4. The minimum Gasteiger partial charge on any atom is -0.339 e. The molecule has 1 saturated heterocycles. The van der Waals surface area contributed by atoms with Crippen molar-refractivity contribution < 1.29 is 22.8 Å². The molecule has 0 spiro atoms. The van der Waals surface area contributed by atoms with Gasteiger partial charge in [-0.25, -0.2) is 0 Å². The summed E-state index contributed by atoms with van der Waals surface area (Å²) in [4.78, 5) is 28.0. The summed E-state index contributed by atoms with van der Waals surface area (Å²) in [5, 5.41) is 4.23. The second kappa shape index (κ2) is 11.1. The molecule has 8 heteroatoms. The molecule has 0 atom stereocenters. The maximum absolute atomic E-state index is 13.3. The van der Waals surface area contributed by atoms with Gasteiger partial charge in [0.2, 0.25) is 0 Å². The van der Waals surface area contributed by atoms with Gasteiger partial charge in [0, 0.05) is 49.4 Å². The normalized spacial score (nSPS) is 14.4. The van der Waals surface area contributed by atoms with Crippen molar-refractivity contribution in [1.29, 1.82) is 0 Å². The predicted molar refractivity (Wildman–Crippen MR) is 147 cm³/mol. The quantitative estimate of drug-likeness (QED) is 0.249. The zero-order chi connectivity index (χ0) is 28.4. The van der Waals surface area contributed by atoms with Crippen molar-refractivity contribution in [3.63, 3.8) is 0 Å². The number of nitrogens with zero attached hydrogens (tertiary/aromatic N) is 3. The van der Waals surface area contributed by atoms with E-state index in [4.69, 9.17) is 0 Å². The van der Waals surface area contributed by atoms with E-state index in [1.807, 2.05) is 37.3 Å². The lowest BCUT2D eigenvalue weighted by molar-refractivity contribution is -0.137. The van der Waals surface area contributed by atoms with Gasteiger partial charge in [0.25, 0.3) is 5.91 Å². The van der Waals surface area contributed by atoms with Crippen molar-refractivity contribution in [1.82, 2.24) is 14.7 Å². The van der Waals surface area contributed by atoms with Crippen molar-refractivity contribution in [2.45, 2.75) is 38.3 Å². The number of carbonyl (C=O) groups excluding carboxylic acids is 2. The Morgan fingerprint density at radius 3 is 2.15 bits per heavy atom. The number of halogens is 3. The van der Waals surface area contributed by atoms with Crippen LogP contribution < -0.4 is 0 Å². The lowest BCUT2D eigenvalue weighted by Gasteiger charge is -2.32. The van der Waals surface area contributed by atoms with Crippen LogP contribution in [0.5, 0.6) is 0 Å². The molecule has 1 amide bonds. The average Bonchev–Trinajstić information content (AvgIpc) is 3.40. The number of carbonyl (C=O) groups is 2. The molecule has 0 radical (unpaired) electrons. The number of Topliss-reactive ketones (excluding diaryl/α,β-unsaturated/α-hetero) is 1. The maximum atomic E-state index is 13.3. The lowest BCUT2D eigenvalue weighted by Crippen LogP contribution is -2.38. The number of rotatable bonds is 6. The largest absolute Gasteiger partial charge is 0.416 e. The topological polar surface area (TPSA) is 55.2 Å². The number of benzene rings is 3. The minimum atomic E-state index is -4.45. The van der Waals surface area contributed by atoms with Crippen LogP contribution in [0.15, 0.2) is 79.1 Å². The molecule has 40 heavy (non-hydrogen) atoms. The van der Waals surface area contributed by atoms with E-state index in [0.29, 0.717) is 30.1 Å². The number of likely N-dealkylation sites (tertiary alicyclic amines) is 1. The third-order valence-electron chi connectivity index (χ3n) is 7.68. The summed E-state index contributed by atoms with van der Waals surface area (Å²) in [6, 6.07) is 18.1. The highest BCUT2D eigenvalue weighted by molar-refractivity contribution is 5.99. The Morgan fingerprint density at radius 2 is 1.55 bits per heavy atom. The number of hydrogen-bond acceptors (Lipinski definition) is 3. The van der Waals surface area contributed by atoms with Crippen LogP contribution in [-0.2, 0) is 19.6 Å². The summed E-state index contributed by atoms with van der Waals surface area (Å²) >= 11 is 0. The molecule has 1 aliphatic rings. The van der Waals surface area contributed by atoms with Crippen molar-refractivity contribution in [3.05, 3.63) is 113 Å². The molecular formula is C32H30F3N3O2. The van der Waals surface area contributed by atoms with Gasteiger partial charge in [-0.1, -0.05) is 42.5 Å². The summed E-state index contributed by atoms with van der Waals surface area (Å²) < 4.78 is 40.3. The number of aryl methyl sites for hydroxylation is 2. The van der Waals surface area contributed by atoms with E-state index in [1.165, 1.54) is 17.7 Å². The standard InChI is InChI=1S/C32H30F3N3O2/c1-21-3-4-26(17-27(21)18-30(39)25-9-11-29(12-10-25)32(33,34)35)31(40)38-15-13-24(14-16-38)22-5-7-23(8-6-22)28-19-36-37(2)20-28/h3-12,17,19-20,24H,13-16,18H2,1-2H3. The molecule has 5 nitrogen and oxygen atoms in total. The summed E-state index contributed by atoms with van der Waals surface area (Å²) in [5.74, 6) is 0.00678. The van der Waals surface area contributed by atoms with Gasteiger partial charge in [-0.15, -0.1) is 0 Å². The SMILES string of the molecule is Cc1ccc(C(=O)N2CCC(c3ccc(-c4cnn(C)c4)cc3)CC2)cc1CC(=O)c1ccc(C(F)(F)F)cc1. The highest BCUT2D eigenvalue weighted by Gasteiger charge is 2.30. The van der Waals surface area contributed by atoms with Gasteiger partial charge < -0.3 is 4.90 Å². The fourth-order valence-corrected chi connectivity index (χ4v) is 5.23. The number of piperidine rings is 1. The Morgan fingerprint density at radius 1 is 0.900 bits per heavy atom. The Kier molecular flexibility index (Phi) is 7.61. The van der Waals surface area contributed by atoms with Gasteiger partial charge in [-0.3, -0.25) is 14.3 Å². The fraction of sp³-hybridized carbons (Fsp3) is 0.281. The van der Waals surface area contributed by atoms with Gasteiger partial charge in [0.05, 0.1) is 11.8 Å². The van der Waals surface area contributed by atoms with Crippen LogP contribution in [0.3, 0.4) is 0 Å². The molecule has 4 aromatic rings. The molecule has 1 fully saturated rings. The molecule has 0 N–H and O–H groups in total. The zero-order valence-corrected chi connectivity index (χ0v) is 22.4. The monoisotopic (exact) mass is 545 g/mol. The van der Waals surface area contributed by atoms with Gasteiger partial charge in [0.15, 0.2) is 5.78 Å². The smallest absolute Gasteiger partial charge is 0.339 e. The molecule has 0 bridgehead atoms. The molecular weight excluding hydrogens is 515 g/mol. The van der Waals surface area contributed by atoms with E-state index < -0.39 is 11.7 Å². The highest BCUT2D eigenvalue weighted by atomic mass is 19.4. The van der Waals surface area contributed by atoms with Crippen LogP contribution in [0, 0.1) is 6.92 Å². The summed E-state index contributed by atoms with van der Waals surface area (Å²) in [6.07, 6.45) is 1.12. The van der Waals surface area contributed by atoms with Crippen molar-refractivity contribution in [2.24, 2.45) is 7.05 Å². The second-order valence-electron chi connectivity index (χ2n) is 10.4. The van der Waals surface area contributed by atoms with Crippen LogP contribution in [0.2, 0.25) is 0 Å². The molecule has 1 aromatic heterocycles. The van der Waals surface area contributed by atoms with Gasteiger partial charge in [-0.05, 0) is 72.2 Å². The van der Waals surface area contributed by atoms with Gasteiger partial charge in [0.1, 0.15) is 0 Å². The Balaban J connectivity index is 1.21. The molecule has 2 heterocycles. The van der Waals surface area contributed by atoms with Crippen LogP contribution in [0.25, 0.3) is 11.1 Å². The van der Waals surface area contributed by atoms with E-state index in [-0.39, 0.29) is 23.7 Å². The first-order valence-corrected chi connectivity index (χ1v) is 13.3. The average molecular weight is 546 g/mol. The van der Waals surface area contributed by atoms with Crippen molar-refractivity contribution >= 4 is 11.7 Å². The Hall–Kier alpha value is -4.20. The number of hydrogen-bond donors (Lipinski definition) is 0. The molecule has 0 unspecified atom stereocenters. The Bertz CT molecular complexity index is 1510. The molecule has 206 valence electrons. The van der Waals surface area contributed by atoms with Crippen LogP contribution >= 0.6 is 0 Å². The number of ketones is 1. The van der Waals surface area contributed by atoms with Crippen molar-refractivity contribution in [2.75, 3.05) is 13.1 Å². The number of amides is 1. The minimum absolute atomic E-state index is 0.00936. The van der Waals surface area contributed by atoms with Crippen molar-refractivity contribution in [3.8, 4) is 11.1 Å². The molecule has 0 saturated carbocycles. The van der Waals surface area contributed by atoms with E-state index in [1.54, 1.807) is 16.8 Å². The van der Waals surface area contributed by atoms with E-state index in [9.17, 15) is 22.8 Å². The third-order valence-corrected chi connectivity index (χ3v) is 7.68. The first-order valence-electron chi connectivity index (χ1n) is 13.3. The number of alkyl halides is 3. The third kappa shape index (κ3) is 6.01. The first kappa shape index (κ1) is 27.4. The molecule has 1 aliphatic heterocycles. The summed E-state index contributed by atoms with van der Waals surface area (Å²) in [7, 11) is 1.90. The summed E-state index contributed by atoms with van der Waals surface area (Å²) in [6.45, 7) is 3.14. The van der Waals surface area contributed by atoms with Crippen LogP contribution in [0.1, 0.15) is 61.7 Å². The Labute approximate surface area is 231 Å². The van der Waals surface area contributed by atoms with E-state index in [0.717, 1.165) is 41.7 Å². The van der Waals surface area contributed by atoms with Gasteiger partial charge >= 0.3 is 6.18 Å².